The fourth-order valence-electron chi connectivity index (χ4n) is 4.44. The summed E-state index contributed by atoms with van der Waals surface area (Å²) in [6, 6.07) is 13.9. The monoisotopic (exact) mass is 471 g/mol. The van der Waals surface area contributed by atoms with E-state index in [0.29, 0.717) is 5.75 Å². The van der Waals surface area contributed by atoms with E-state index < -0.39 is 27.1 Å². The summed E-state index contributed by atoms with van der Waals surface area (Å²) in [7, 11) is -3.85. The van der Waals surface area contributed by atoms with Crippen LogP contribution in [0.2, 0.25) is 0 Å². The molecule has 5 nitrogen and oxygen atoms in total. The maximum Gasteiger partial charge on any atom is 0.319 e. The number of benzene rings is 2. The predicted molar refractivity (Wildman–Crippen MR) is 128 cm³/mol. The first-order chi connectivity index (χ1) is 14.9. The quantitative estimate of drug-likeness (QED) is 0.587. The van der Waals surface area contributed by atoms with Crippen LogP contribution in [0.3, 0.4) is 0 Å². The molecule has 2 aromatic rings. The van der Waals surface area contributed by atoms with Crippen LogP contribution in [0, 0.1) is 19.3 Å². The van der Waals surface area contributed by atoms with E-state index in [-0.39, 0.29) is 17.4 Å². The van der Waals surface area contributed by atoms with Gasteiger partial charge in [0, 0.05) is 12.3 Å². The largest absolute Gasteiger partial charge is 0.459 e. The second-order valence-corrected chi connectivity index (χ2v) is 12.4. The van der Waals surface area contributed by atoms with Gasteiger partial charge in [-0.05, 0) is 63.3 Å². The van der Waals surface area contributed by atoms with Crippen molar-refractivity contribution in [2.24, 2.45) is 5.41 Å². The van der Waals surface area contributed by atoms with Crippen molar-refractivity contribution in [1.82, 2.24) is 4.31 Å². The maximum absolute atomic E-state index is 13.8. The number of esters is 1. The van der Waals surface area contributed by atoms with Gasteiger partial charge < -0.3 is 4.74 Å². The number of hydrogen-bond acceptors (Lipinski definition) is 5. The Morgan fingerprint density at radius 2 is 1.78 bits per heavy atom. The SMILES string of the molecule is Cc1ccc(S(=O)(=O)N2CC3=CSC[C@]3(C(=O)OC(C)(C)C)[C@@H]2c2cccc(C)c2)cc1. The molecule has 0 aromatic heterocycles. The summed E-state index contributed by atoms with van der Waals surface area (Å²) in [6.07, 6.45) is 0. The lowest BCUT2D eigenvalue weighted by Gasteiger charge is -2.36. The number of carbonyl (C=O) groups excluding carboxylic acids is 1. The standard InChI is InChI=1S/C25H29NO4S2/c1-17-9-11-21(12-10-17)32(28,29)26-14-20-15-31-16-25(20,23(27)30-24(3,4)5)22(26)19-8-6-7-18(2)13-19/h6-13,15,22H,14,16H2,1-5H3/t22-,25+/m0/s1. The van der Waals surface area contributed by atoms with Crippen LogP contribution in [0.15, 0.2) is 64.4 Å². The number of fused-ring (bicyclic) bond motifs is 1. The molecular formula is C25H29NO4S2. The van der Waals surface area contributed by atoms with E-state index in [1.165, 1.54) is 4.31 Å². The van der Waals surface area contributed by atoms with Gasteiger partial charge in [0.05, 0.1) is 10.9 Å². The first-order valence-corrected chi connectivity index (χ1v) is 13.1. The number of hydrogen-bond donors (Lipinski definition) is 0. The molecule has 2 heterocycles. The molecule has 4 rings (SSSR count). The zero-order valence-corrected chi connectivity index (χ0v) is 20.7. The average molecular weight is 472 g/mol. The molecule has 2 aliphatic heterocycles. The van der Waals surface area contributed by atoms with Gasteiger partial charge in [0.25, 0.3) is 0 Å². The van der Waals surface area contributed by atoms with Gasteiger partial charge in [-0.15, -0.1) is 11.8 Å². The summed E-state index contributed by atoms with van der Waals surface area (Å²) < 4.78 is 35.0. The number of carbonyl (C=O) groups is 1. The fourth-order valence-corrected chi connectivity index (χ4v) is 7.37. The molecule has 2 aliphatic rings. The summed E-state index contributed by atoms with van der Waals surface area (Å²) in [6.45, 7) is 9.57. The predicted octanol–water partition coefficient (Wildman–Crippen LogP) is 5.01. The molecule has 2 aromatic carbocycles. The molecule has 2 atom stereocenters. The first kappa shape index (κ1) is 23.1. The van der Waals surface area contributed by atoms with Crippen LogP contribution in [0.25, 0.3) is 0 Å². The lowest BCUT2D eigenvalue weighted by molar-refractivity contribution is -0.165. The second kappa shape index (κ2) is 8.04. The highest BCUT2D eigenvalue weighted by molar-refractivity contribution is 8.02. The van der Waals surface area contributed by atoms with E-state index in [2.05, 4.69) is 0 Å². The molecule has 0 radical (unpaired) electrons. The Kier molecular flexibility index (Phi) is 5.80. The zero-order chi connectivity index (χ0) is 23.3. The van der Waals surface area contributed by atoms with Crippen molar-refractivity contribution in [2.75, 3.05) is 12.3 Å². The molecule has 0 unspecified atom stereocenters. The molecule has 1 saturated heterocycles. The van der Waals surface area contributed by atoms with Crippen molar-refractivity contribution in [3.05, 3.63) is 76.2 Å². The molecule has 7 heteroatoms. The Balaban J connectivity index is 1.90. The number of nitrogens with zero attached hydrogens (tertiary/aromatic N) is 1. The van der Waals surface area contributed by atoms with Crippen molar-refractivity contribution in [3.63, 3.8) is 0 Å². The third-order valence-electron chi connectivity index (χ3n) is 5.94. The summed E-state index contributed by atoms with van der Waals surface area (Å²) in [5, 5.41) is 1.94. The normalized spacial score (nSPS) is 23.7. The minimum atomic E-state index is -3.85. The Morgan fingerprint density at radius 1 is 1.09 bits per heavy atom. The highest BCUT2D eigenvalue weighted by Gasteiger charge is 2.62. The number of aryl methyl sites for hydroxylation is 2. The van der Waals surface area contributed by atoms with Crippen LogP contribution in [0.5, 0.6) is 0 Å². The minimum Gasteiger partial charge on any atom is -0.459 e. The van der Waals surface area contributed by atoms with Crippen LogP contribution in [-0.4, -0.2) is 36.6 Å². The average Bonchev–Trinajstić information content (AvgIpc) is 3.24. The topological polar surface area (TPSA) is 63.7 Å². The third kappa shape index (κ3) is 3.91. The minimum absolute atomic E-state index is 0.168. The molecule has 0 N–H and O–H groups in total. The Labute approximate surface area is 194 Å². The molecule has 0 aliphatic carbocycles. The summed E-state index contributed by atoms with van der Waals surface area (Å²) >= 11 is 1.55. The van der Waals surface area contributed by atoms with E-state index in [4.69, 9.17) is 4.74 Å². The number of thioether (sulfide) groups is 1. The van der Waals surface area contributed by atoms with Crippen molar-refractivity contribution in [3.8, 4) is 0 Å². The summed E-state index contributed by atoms with van der Waals surface area (Å²) in [4.78, 5) is 13.9. The molecule has 0 amide bonds. The van der Waals surface area contributed by atoms with Crippen LogP contribution in [0.1, 0.15) is 43.5 Å². The van der Waals surface area contributed by atoms with Gasteiger partial charge >= 0.3 is 5.97 Å². The van der Waals surface area contributed by atoms with Crippen molar-refractivity contribution in [2.45, 2.75) is 51.2 Å². The van der Waals surface area contributed by atoms with Crippen molar-refractivity contribution < 1.29 is 17.9 Å². The zero-order valence-electron chi connectivity index (χ0n) is 19.1. The van der Waals surface area contributed by atoms with Gasteiger partial charge in [-0.2, -0.15) is 4.31 Å². The van der Waals surface area contributed by atoms with Crippen molar-refractivity contribution >= 4 is 27.8 Å². The maximum atomic E-state index is 13.8. The second-order valence-electron chi connectivity index (χ2n) is 9.61. The van der Waals surface area contributed by atoms with E-state index in [1.807, 2.05) is 64.3 Å². The van der Waals surface area contributed by atoms with Gasteiger partial charge in [-0.1, -0.05) is 47.5 Å². The molecule has 0 spiro atoms. The number of rotatable bonds is 4. The molecular weight excluding hydrogens is 442 g/mol. The van der Waals surface area contributed by atoms with Crippen LogP contribution >= 0.6 is 11.8 Å². The van der Waals surface area contributed by atoms with Gasteiger partial charge in [0.1, 0.15) is 11.0 Å². The fraction of sp³-hybridized carbons (Fsp3) is 0.400. The van der Waals surface area contributed by atoms with Crippen LogP contribution in [-0.2, 0) is 19.6 Å². The smallest absolute Gasteiger partial charge is 0.319 e. The third-order valence-corrected chi connectivity index (χ3v) is 8.84. The Morgan fingerprint density at radius 3 is 2.41 bits per heavy atom. The van der Waals surface area contributed by atoms with Gasteiger partial charge in [-0.3, -0.25) is 4.79 Å². The van der Waals surface area contributed by atoms with E-state index >= 15 is 0 Å². The van der Waals surface area contributed by atoms with Gasteiger partial charge in [0.15, 0.2) is 0 Å². The molecule has 170 valence electrons. The molecule has 1 fully saturated rings. The molecule has 0 bridgehead atoms. The Bertz CT molecular complexity index is 1180. The van der Waals surface area contributed by atoms with Crippen LogP contribution in [0.4, 0.5) is 0 Å². The number of ether oxygens (including phenoxy) is 1. The first-order valence-electron chi connectivity index (χ1n) is 10.6. The van der Waals surface area contributed by atoms with E-state index in [0.717, 1.165) is 22.3 Å². The molecule has 0 saturated carbocycles. The molecule has 32 heavy (non-hydrogen) atoms. The Hall–Kier alpha value is -2.09. The van der Waals surface area contributed by atoms with E-state index in [9.17, 15) is 13.2 Å². The highest BCUT2D eigenvalue weighted by Crippen LogP contribution is 2.58. The van der Waals surface area contributed by atoms with Crippen molar-refractivity contribution in [1.29, 1.82) is 0 Å². The van der Waals surface area contributed by atoms with E-state index in [1.54, 1.807) is 36.0 Å². The lowest BCUT2D eigenvalue weighted by Crippen LogP contribution is -2.44. The summed E-state index contributed by atoms with van der Waals surface area (Å²) in [5.41, 5.74) is 1.88. The number of sulfonamides is 1. The van der Waals surface area contributed by atoms with Crippen LogP contribution < -0.4 is 0 Å². The lowest BCUT2D eigenvalue weighted by atomic mass is 9.76. The highest BCUT2D eigenvalue weighted by atomic mass is 32.2. The van der Waals surface area contributed by atoms with Gasteiger partial charge in [-0.25, -0.2) is 8.42 Å². The van der Waals surface area contributed by atoms with Gasteiger partial charge in [0.2, 0.25) is 10.0 Å². The summed E-state index contributed by atoms with van der Waals surface area (Å²) in [5.74, 6) is 0.0878.